The van der Waals surface area contributed by atoms with Gasteiger partial charge in [0.1, 0.15) is 18.2 Å². The monoisotopic (exact) mass is 279 g/mol. The van der Waals surface area contributed by atoms with Crippen molar-refractivity contribution >= 4 is 0 Å². The first kappa shape index (κ1) is 15.8. The summed E-state index contributed by atoms with van der Waals surface area (Å²) in [5, 5.41) is 3.13. The summed E-state index contributed by atoms with van der Waals surface area (Å²) in [6.07, 6.45) is -4.72. The highest BCUT2D eigenvalue weighted by molar-refractivity contribution is 5.31. The topological polar surface area (TPSA) is 21.3 Å². The molecule has 1 N–H and O–H groups in total. The summed E-state index contributed by atoms with van der Waals surface area (Å²) in [5.41, 5.74) is -1.41. The van der Waals surface area contributed by atoms with Crippen LogP contribution in [-0.2, 0) is 6.18 Å². The lowest BCUT2D eigenvalue weighted by molar-refractivity contribution is -0.140. The first-order chi connectivity index (χ1) is 8.59. The van der Waals surface area contributed by atoms with Gasteiger partial charge in [0.05, 0.1) is 5.56 Å². The van der Waals surface area contributed by atoms with Crippen molar-refractivity contribution in [3.63, 3.8) is 0 Å². The summed E-state index contributed by atoms with van der Waals surface area (Å²) >= 11 is 0. The minimum atomic E-state index is -4.72. The van der Waals surface area contributed by atoms with Crippen molar-refractivity contribution in [2.45, 2.75) is 32.5 Å². The summed E-state index contributed by atoms with van der Waals surface area (Å²) in [7, 11) is 0. The Hall–Kier alpha value is -1.30. The maximum atomic E-state index is 13.0. The van der Waals surface area contributed by atoms with E-state index in [-0.39, 0.29) is 17.9 Å². The predicted molar refractivity (Wildman–Crippen MR) is 64.7 cm³/mol. The summed E-state index contributed by atoms with van der Waals surface area (Å²) in [6, 6.07) is 2.61. The second kappa shape index (κ2) is 5.77. The third kappa shape index (κ3) is 5.46. The van der Waals surface area contributed by atoms with E-state index in [9.17, 15) is 17.6 Å². The molecule has 0 saturated heterocycles. The number of hydrogen-bond donors (Lipinski definition) is 1. The van der Waals surface area contributed by atoms with E-state index in [1.807, 2.05) is 20.8 Å². The van der Waals surface area contributed by atoms with Crippen LogP contribution in [0, 0.1) is 5.82 Å². The average Bonchev–Trinajstić information content (AvgIpc) is 2.23. The van der Waals surface area contributed by atoms with Crippen molar-refractivity contribution in [2.24, 2.45) is 0 Å². The Morgan fingerprint density at radius 1 is 1.16 bits per heavy atom. The van der Waals surface area contributed by atoms with Crippen molar-refractivity contribution in [1.82, 2.24) is 5.32 Å². The molecule has 19 heavy (non-hydrogen) atoms. The Morgan fingerprint density at radius 2 is 1.79 bits per heavy atom. The van der Waals surface area contributed by atoms with E-state index in [0.29, 0.717) is 12.6 Å². The molecule has 0 unspecified atom stereocenters. The average molecular weight is 279 g/mol. The molecule has 2 nitrogen and oxygen atoms in total. The fraction of sp³-hybridized carbons (Fsp3) is 0.538. The maximum Gasteiger partial charge on any atom is 0.419 e. The maximum absolute atomic E-state index is 13.0. The van der Waals surface area contributed by atoms with E-state index < -0.39 is 17.6 Å². The van der Waals surface area contributed by atoms with Gasteiger partial charge in [0, 0.05) is 12.1 Å². The molecule has 0 aromatic heterocycles. The molecule has 0 fully saturated rings. The van der Waals surface area contributed by atoms with Gasteiger partial charge in [0.25, 0.3) is 0 Å². The summed E-state index contributed by atoms with van der Waals surface area (Å²) in [5.74, 6) is -1.29. The minimum absolute atomic E-state index is 0.00411. The Balaban J connectivity index is 2.61. The lowest BCUT2D eigenvalue weighted by Crippen LogP contribution is -2.38. The SMILES string of the molecule is CC(C)(C)NCCOc1ccc(F)c(C(F)(F)F)c1. The lowest BCUT2D eigenvalue weighted by atomic mass is 10.1. The van der Waals surface area contributed by atoms with Crippen LogP contribution in [0.4, 0.5) is 17.6 Å². The normalized spacial score (nSPS) is 12.6. The Bertz CT molecular complexity index is 424. The Morgan fingerprint density at radius 3 is 2.32 bits per heavy atom. The van der Waals surface area contributed by atoms with Crippen LogP contribution in [0.1, 0.15) is 26.3 Å². The number of benzene rings is 1. The van der Waals surface area contributed by atoms with Gasteiger partial charge >= 0.3 is 6.18 Å². The predicted octanol–water partition coefficient (Wildman–Crippen LogP) is 3.61. The molecule has 0 amide bonds. The fourth-order valence-electron chi connectivity index (χ4n) is 1.41. The largest absolute Gasteiger partial charge is 0.492 e. The summed E-state index contributed by atoms with van der Waals surface area (Å²) in [6.45, 7) is 6.59. The van der Waals surface area contributed by atoms with Crippen LogP contribution in [0.3, 0.4) is 0 Å². The zero-order valence-electron chi connectivity index (χ0n) is 11.1. The van der Waals surface area contributed by atoms with Gasteiger partial charge in [-0.3, -0.25) is 0 Å². The highest BCUT2D eigenvalue weighted by Gasteiger charge is 2.34. The highest BCUT2D eigenvalue weighted by Crippen LogP contribution is 2.33. The van der Waals surface area contributed by atoms with Crippen LogP contribution in [0.25, 0.3) is 0 Å². The molecule has 1 aromatic rings. The smallest absolute Gasteiger partial charge is 0.419 e. The quantitative estimate of drug-likeness (QED) is 0.671. The zero-order valence-corrected chi connectivity index (χ0v) is 11.1. The molecule has 0 saturated carbocycles. The van der Waals surface area contributed by atoms with Gasteiger partial charge in [0.15, 0.2) is 0 Å². The van der Waals surface area contributed by atoms with Crippen LogP contribution in [0.5, 0.6) is 5.75 Å². The lowest BCUT2D eigenvalue weighted by Gasteiger charge is -2.20. The molecule has 1 rings (SSSR count). The van der Waals surface area contributed by atoms with Crippen LogP contribution in [-0.4, -0.2) is 18.7 Å². The number of halogens is 4. The summed E-state index contributed by atoms with van der Waals surface area (Å²) in [4.78, 5) is 0. The zero-order chi connectivity index (χ0) is 14.7. The van der Waals surface area contributed by atoms with Crippen LogP contribution >= 0.6 is 0 Å². The standard InChI is InChI=1S/C13H17F4NO/c1-12(2,3)18-6-7-19-9-4-5-11(14)10(8-9)13(15,16)17/h4-5,8,18H,6-7H2,1-3H3. The number of rotatable bonds is 4. The second-order valence-electron chi connectivity index (χ2n) is 5.16. The van der Waals surface area contributed by atoms with Gasteiger partial charge in [-0.1, -0.05) is 0 Å². The second-order valence-corrected chi connectivity index (χ2v) is 5.16. The van der Waals surface area contributed by atoms with Crippen molar-refractivity contribution < 1.29 is 22.3 Å². The van der Waals surface area contributed by atoms with E-state index in [2.05, 4.69) is 5.32 Å². The van der Waals surface area contributed by atoms with Gasteiger partial charge in [-0.15, -0.1) is 0 Å². The molecule has 0 aliphatic heterocycles. The molecule has 0 bridgehead atoms. The molecule has 0 atom stereocenters. The van der Waals surface area contributed by atoms with E-state index in [1.54, 1.807) is 0 Å². The van der Waals surface area contributed by atoms with Crippen molar-refractivity contribution in [1.29, 1.82) is 0 Å². The molecule has 1 aromatic carbocycles. The highest BCUT2D eigenvalue weighted by atomic mass is 19.4. The molecule has 0 heterocycles. The molecule has 0 radical (unpaired) electrons. The van der Waals surface area contributed by atoms with Gasteiger partial charge in [-0.2, -0.15) is 13.2 Å². The van der Waals surface area contributed by atoms with Crippen molar-refractivity contribution in [2.75, 3.05) is 13.2 Å². The molecular formula is C13H17F4NO. The van der Waals surface area contributed by atoms with E-state index >= 15 is 0 Å². The van der Waals surface area contributed by atoms with Crippen molar-refractivity contribution in [3.05, 3.63) is 29.6 Å². The number of ether oxygens (including phenoxy) is 1. The Kier molecular flexibility index (Phi) is 4.79. The van der Waals surface area contributed by atoms with Crippen LogP contribution < -0.4 is 10.1 Å². The van der Waals surface area contributed by atoms with Crippen molar-refractivity contribution in [3.8, 4) is 5.75 Å². The number of nitrogens with one attached hydrogen (secondary N) is 1. The Labute approximate surface area is 109 Å². The molecular weight excluding hydrogens is 262 g/mol. The van der Waals surface area contributed by atoms with Crippen LogP contribution in [0.15, 0.2) is 18.2 Å². The van der Waals surface area contributed by atoms with E-state index in [4.69, 9.17) is 4.74 Å². The van der Waals surface area contributed by atoms with Crippen LogP contribution in [0.2, 0.25) is 0 Å². The molecule has 0 spiro atoms. The molecule has 0 aliphatic rings. The van der Waals surface area contributed by atoms with Gasteiger partial charge in [0.2, 0.25) is 0 Å². The van der Waals surface area contributed by atoms with Gasteiger partial charge in [-0.25, -0.2) is 4.39 Å². The molecule has 0 aliphatic carbocycles. The first-order valence-corrected chi connectivity index (χ1v) is 5.84. The van der Waals surface area contributed by atoms with Gasteiger partial charge in [-0.05, 0) is 39.0 Å². The van der Waals surface area contributed by atoms with Gasteiger partial charge < -0.3 is 10.1 Å². The number of hydrogen-bond acceptors (Lipinski definition) is 2. The van der Waals surface area contributed by atoms with E-state index in [1.165, 1.54) is 6.07 Å². The summed E-state index contributed by atoms with van der Waals surface area (Å²) < 4.78 is 55.6. The third-order valence-corrected chi connectivity index (χ3v) is 2.27. The minimum Gasteiger partial charge on any atom is -0.492 e. The number of alkyl halides is 3. The first-order valence-electron chi connectivity index (χ1n) is 5.84. The fourth-order valence-corrected chi connectivity index (χ4v) is 1.41. The van der Waals surface area contributed by atoms with E-state index in [0.717, 1.165) is 6.07 Å². The third-order valence-electron chi connectivity index (χ3n) is 2.27. The molecule has 108 valence electrons. The molecule has 6 heteroatoms.